The van der Waals surface area contributed by atoms with Gasteiger partial charge in [0.2, 0.25) is 5.91 Å². The topological polar surface area (TPSA) is 46.2 Å². The van der Waals surface area contributed by atoms with Crippen molar-refractivity contribution in [3.8, 4) is 0 Å². The second-order valence-corrected chi connectivity index (χ2v) is 4.75. The number of carbonyl (C=O) groups excluding carboxylic acids is 2. The number of hydrogen-bond donors (Lipinski definition) is 1. The first-order chi connectivity index (χ1) is 9.67. The van der Waals surface area contributed by atoms with Gasteiger partial charge in [0.15, 0.2) is 0 Å². The molecule has 110 valence electrons. The summed E-state index contributed by atoms with van der Waals surface area (Å²) < 4.78 is 0. The Balaban J connectivity index is 0.000000956. The van der Waals surface area contributed by atoms with E-state index in [4.69, 9.17) is 0 Å². The van der Waals surface area contributed by atoms with Crippen molar-refractivity contribution in [2.45, 2.75) is 59.8 Å². The minimum atomic E-state index is -0.220. The summed E-state index contributed by atoms with van der Waals surface area (Å²) in [4.78, 5) is 23.4. The Labute approximate surface area is 121 Å². The van der Waals surface area contributed by atoms with E-state index in [1.165, 1.54) is 5.56 Å². The van der Waals surface area contributed by atoms with Crippen LogP contribution in [-0.4, -0.2) is 11.8 Å². The van der Waals surface area contributed by atoms with Crippen molar-refractivity contribution in [2.24, 2.45) is 0 Å². The molecule has 1 heterocycles. The summed E-state index contributed by atoms with van der Waals surface area (Å²) in [7, 11) is 0. The number of benzene rings is 1. The number of imide groups is 1. The van der Waals surface area contributed by atoms with Gasteiger partial charge in [0.25, 0.3) is 5.91 Å². The number of hydrogen-bond acceptors (Lipinski definition) is 2. The van der Waals surface area contributed by atoms with E-state index in [0.717, 1.165) is 42.4 Å². The summed E-state index contributed by atoms with van der Waals surface area (Å²) >= 11 is 0. The van der Waals surface area contributed by atoms with Crippen LogP contribution in [0.4, 0.5) is 0 Å². The molecule has 0 spiro atoms. The number of carbonyl (C=O) groups is 2. The van der Waals surface area contributed by atoms with Crippen LogP contribution in [0.5, 0.6) is 0 Å². The second kappa shape index (κ2) is 7.83. The normalized spacial score (nSPS) is 13.2. The molecule has 0 atom stereocenters. The lowest BCUT2D eigenvalue weighted by Gasteiger charge is -2.21. The third-order valence-corrected chi connectivity index (χ3v) is 3.49. The first-order valence-corrected chi connectivity index (χ1v) is 7.65. The highest BCUT2D eigenvalue weighted by Gasteiger charge is 2.25. The SMILES string of the molecule is CC.CCCCc1c(CC)ccc2c1C(=O)NC(=O)C2. The molecule has 0 radical (unpaired) electrons. The van der Waals surface area contributed by atoms with Crippen molar-refractivity contribution >= 4 is 11.8 Å². The van der Waals surface area contributed by atoms with Gasteiger partial charge in [-0.3, -0.25) is 14.9 Å². The molecule has 20 heavy (non-hydrogen) atoms. The van der Waals surface area contributed by atoms with E-state index in [0.29, 0.717) is 6.42 Å². The van der Waals surface area contributed by atoms with Crippen molar-refractivity contribution in [3.05, 3.63) is 34.4 Å². The number of fused-ring (bicyclic) bond motifs is 1. The van der Waals surface area contributed by atoms with Gasteiger partial charge in [-0.1, -0.05) is 46.2 Å². The molecule has 0 aromatic heterocycles. The lowest BCUT2D eigenvalue weighted by molar-refractivity contribution is -0.119. The first kappa shape index (κ1) is 16.4. The Bertz CT molecular complexity index is 492. The summed E-state index contributed by atoms with van der Waals surface area (Å²) in [6.45, 7) is 8.24. The molecular weight excluding hydrogens is 250 g/mol. The molecule has 0 unspecified atom stereocenters. The van der Waals surface area contributed by atoms with Crippen molar-refractivity contribution in [2.75, 3.05) is 0 Å². The molecule has 0 saturated heterocycles. The van der Waals surface area contributed by atoms with E-state index < -0.39 is 0 Å². The third-order valence-electron chi connectivity index (χ3n) is 3.49. The van der Waals surface area contributed by atoms with E-state index in [2.05, 4.69) is 25.2 Å². The highest BCUT2D eigenvalue weighted by molar-refractivity contribution is 6.10. The summed E-state index contributed by atoms with van der Waals surface area (Å²) in [6, 6.07) is 4.00. The minimum absolute atomic E-state index is 0.196. The Hall–Kier alpha value is -1.64. The fourth-order valence-electron chi connectivity index (χ4n) is 2.55. The number of nitrogens with one attached hydrogen (secondary N) is 1. The molecular formula is C17H25NO2. The second-order valence-electron chi connectivity index (χ2n) is 4.75. The fourth-order valence-corrected chi connectivity index (χ4v) is 2.55. The molecule has 1 aromatic carbocycles. The lowest BCUT2D eigenvalue weighted by Crippen LogP contribution is -2.38. The molecule has 0 saturated carbocycles. The minimum Gasteiger partial charge on any atom is -0.292 e. The molecule has 3 nitrogen and oxygen atoms in total. The van der Waals surface area contributed by atoms with Crippen molar-refractivity contribution in [1.29, 1.82) is 0 Å². The Morgan fingerprint density at radius 1 is 1.15 bits per heavy atom. The van der Waals surface area contributed by atoms with Gasteiger partial charge in [0.1, 0.15) is 0 Å². The van der Waals surface area contributed by atoms with E-state index in [-0.39, 0.29) is 11.8 Å². The summed E-state index contributed by atoms with van der Waals surface area (Å²) in [5.41, 5.74) is 4.00. The van der Waals surface area contributed by atoms with E-state index in [1.54, 1.807) is 0 Å². The van der Waals surface area contributed by atoms with Crippen LogP contribution < -0.4 is 5.32 Å². The van der Waals surface area contributed by atoms with Gasteiger partial charge >= 0.3 is 0 Å². The average Bonchev–Trinajstić information content (AvgIpc) is 2.46. The molecule has 1 N–H and O–H groups in total. The Kier molecular flexibility index (Phi) is 6.43. The Morgan fingerprint density at radius 3 is 2.45 bits per heavy atom. The van der Waals surface area contributed by atoms with Gasteiger partial charge in [0.05, 0.1) is 6.42 Å². The third kappa shape index (κ3) is 3.47. The van der Waals surface area contributed by atoms with Crippen molar-refractivity contribution in [1.82, 2.24) is 5.32 Å². The van der Waals surface area contributed by atoms with Crippen molar-refractivity contribution < 1.29 is 9.59 Å². The van der Waals surface area contributed by atoms with E-state index >= 15 is 0 Å². The molecule has 2 rings (SSSR count). The van der Waals surface area contributed by atoms with Crippen LogP contribution in [0.1, 0.15) is 67.6 Å². The van der Waals surface area contributed by atoms with E-state index in [9.17, 15) is 9.59 Å². The maximum atomic E-state index is 12.0. The monoisotopic (exact) mass is 275 g/mol. The number of aryl methyl sites for hydroxylation is 1. The number of unbranched alkanes of at least 4 members (excludes halogenated alkanes) is 1. The van der Waals surface area contributed by atoms with Gasteiger partial charge in [-0.05, 0) is 36.0 Å². The Morgan fingerprint density at radius 2 is 1.85 bits per heavy atom. The first-order valence-electron chi connectivity index (χ1n) is 7.65. The van der Waals surface area contributed by atoms with Gasteiger partial charge in [-0.2, -0.15) is 0 Å². The largest absolute Gasteiger partial charge is 0.292 e. The van der Waals surface area contributed by atoms with Crippen LogP contribution in [0.25, 0.3) is 0 Å². The molecule has 0 fully saturated rings. The predicted octanol–water partition coefficient (Wildman–Crippen LogP) is 3.43. The van der Waals surface area contributed by atoms with Crippen LogP contribution in [0.3, 0.4) is 0 Å². The molecule has 3 heteroatoms. The average molecular weight is 275 g/mol. The van der Waals surface area contributed by atoms with Crippen LogP contribution in [0, 0.1) is 0 Å². The zero-order valence-corrected chi connectivity index (χ0v) is 13.0. The maximum absolute atomic E-state index is 12.0. The van der Waals surface area contributed by atoms with Crippen LogP contribution >= 0.6 is 0 Å². The van der Waals surface area contributed by atoms with Gasteiger partial charge in [-0.25, -0.2) is 0 Å². The van der Waals surface area contributed by atoms with Crippen LogP contribution in [-0.2, 0) is 24.1 Å². The molecule has 1 aliphatic rings. The zero-order valence-electron chi connectivity index (χ0n) is 13.0. The smallest absolute Gasteiger partial charge is 0.258 e. The van der Waals surface area contributed by atoms with Crippen molar-refractivity contribution in [3.63, 3.8) is 0 Å². The summed E-state index contributed by atoms with van der Waals surface area (Å²) in [5, 5.41) is 2.43. The maximum Gasteiger partial charge on any atom is 0.258 e. The molecule has 2 amide bonds. The van der Waals surface area contributed by atoms with Gasteiger partial charge < -0.3 is 0 Å². The quantitative estimate of drug-likeness (QED) is 0.856. The predicted molar refractivity (Wildman–Crippen MR) is 82.0 cm³/mol. The molecule has 0 bridgehead atoms. The number of rotatable bonds is 4. The number of amides is 2. The highest BCUT2D eigenvalue weighted by atomic mass is 16.2. The van der Waals surface area contributed by atoms with Crippen LogP contribution in [0.2, 0.25) is 0 Å². The van der Waals surface area contributed by atoms with Crippen LogP contribution in [0.15, 0.2) is 12.1 Å². The molecule has 1 aromatic rings. The lowest BCUT2D eigenvalue weighted by atomic mass is 9.88. The highest BCUT2D eigenvalue weighted by Crippen LogP contribution is 2.25. The summed E-state index contributed by atoms with van der Waals surface area (Å²) in [5.74, 6) is -0.416. The van der Waals surface area contributed by atoms with Gasteiger partial charge in [0, 0.05) is 5.56 Å². The standard InChI is InChI=1S/C15H19NO2.C2H6/c1-3-5-6-12-10(4-2)7-8-11-9-13(17)16-15(18)14(11)12;1-2/h7-8H,3-6,9H2,1-2H3,(H,16,17,18);1-2H3. The zero-order chi connectivity index (χ0) is 15.1. The molecule has 0 aliphatic carbocycles. The molecule has 1 aliphatic heterocycles. The fraction of sp³-hybridized carbons (Fsp3) is 0.529. The van der Waals surface area contributed by atoms with E-state index in [1.807, 2.05) is 19.9 Å². The van der Waals surface area contributed by atoms with Gasteiger partial charge in [-0.15, -0.1) is 0 Å². The summed E-state index contributed by atoms with van der Waals surface area (Å²) in [6.07, 6.45) is 4.35.